The molecular formula is C15H19F2N3O2. The largest absolute Gasteiger partial charge is 0.481 e. The number of aliphatic hydroxyl groups excluding tert-OH is 1. The van der Waals surface area contributed by atoms with Gasteiger partial charge in [0.15, 0.2) is 0 Å². The van der Waals surface area contributed by atoms with Crippen molar-refractivity contribution in [1.82, 2.24) is 15.1 Å². The molecule has 0 aliphatic carbocycles. The third-order valence-corrected chi connectivity index (χ3v) is 3.44. The van der Waals surface area contributed by atoms with E-state index >= 15 is 0 Å². The number of nitrogens with one attached hydrogen (secondary N) is 1. The number of halogens is 2. The SMILES string of the molecule is COc1c(CNC[C@@H](O)c2ccc(F)cc2F)c(C)nn1C. The van der Waals surface area contributed by atoms with Gasteiger partial charge >= 0.3 is 0 Å². The van der Waals surface area contributed by atoms with E-state index in [9.17, 15) is 13.9 Å². The van der Waals surface area contributed by atoms with Gasteiger partial charge in [-0.3, -0.25) is 0 Å². The smallest absolute Gasteiger partial charge is 0.216 e. The van der Waals surface area contributed by atoms with Gasteiger partial charge in [-0.15, -0.1) is 0 Å². The summed E-state index contributed by atoms with van der Waals surface area (Å²) in [5, 5.41) is 17.3. The predicted octanol–water partition coefficient (Wildman–Crippen LogP) is 1.84. The average molecular weight is 311 g/mol. The zero-order chi connectivity index (χ0) is 16.3. The van der Waals surface area contributed by atoms with Gasteiger partial charge in [-0.1, -0.05) is 6.07 Å². The van der Waals surface area contributed by atoms with E-state index in [1.807, 2.05) is 6.92 Å². The van der Waals surface area contributed by atoms with Gasteiger partial charge in [0, 0.05) is 31.8 Å². The number of aliphatic hydroxyl groups is 1. The van der Waals surface area contributed by atoms with Gasteiger partial charge in [0.05, 0.1) is 24.5 Å². The second kappa shape index (κ2) is 6.85. The van der Waals surface area contributed by atoms with Crippen LogP contribution in [-0.4, -0.2) is 28.5 Å². The summed E-state index contributed by atoms with van der Waals surface area (Å²) in [5.74, 6) is -0.797. The minimum Gasteiger partial charge on any atom is -0.481 e. The maximum atomic E-state index is 13.6. The first-order valence-electron chi connectivity index (χ1n) is 6.84. The molecule has 1 aromatic heterocycles. The highest BCUT2D eigenvalue weighted by Crippen LogP contribution is 2.21. The van der Waals surface area contributed by atoms with Crippen LogP contribution in [0.2, 0.25) is 0 Å². The number of aromatic nitrogens is 2. The van der Waals surface area contributed by atoms with Crippen molar-refractivity contribution in [3.05, 3.63) is 46.7 Å². The monoisotopic (exact) mass is 311 g/mol. The zero-order valence-corrected chi connectivity index (χ0v) is 12.7. The van der Waals surface area contributed by atoms with Gasteiger partial charge in [0.25, 0.3) is 0 Å². The molecule has 0 radical (unpaired) electrons. The minimum atomic E-state index is -1.07. The third kappa shape index (κ3) is 3.42. The standard InChI is InChI=1S/C15H19F2N3O2/c1-9-12(15(22-3)20(2)19-9)7-18-8-14(21)11-5-4-10(16)6-13(11)17/h4-6,14,18,21H,7-8H2,1-3H3/t14-/m1/s1. The lowest BCUT2D eigenvalue weighted by molar-refractivity contribution is 0.169. The number of hydrogen-bond donors (Lipinski definition) is 2. The fourth-order valence-corrected chi connectivity index (χ4v) is 2.36. The Morgan fingerprint density at radius 3 is 2.77 bits per heavy atom. The maximum absolute atomic E-state index is 13.6. The first-order valence-corrected chi connectivity index (χ1v) is 6.84. The quantitative estimate of drug-likeness (QED) is 0.854. The lowest BCUT2D eigenvalue weighted by atomic mass is 10.1. The summed E-state index contributed by atoms with van der Waals surface area (Å²) in [4.78, 5) is 0. The third-order valence-electron chi connectivity index (χ3n) is 3.44. The van der Waals surface area contributed by atoms with Crippen molar-refractivity contribution in [3.8, 4) is 5.88 Å². The van der Waals surface area contributed by atoms with E-state index in [1.165, 1.54) is 6.07 Å². The Balaban J connectivity index is 1.99. The molecule has 2 N–H and O–H groups in total. The Kier molecular flexibility index (Phi) is 5.10. The topological polar surface area (TPSA) is 59.3 Å². The van der Waals surface area contributed by atoms with Crippen LogP contribution in [0.4, 0.5) is 8.78 Å². The van der Waals surface area contributed by atoms with Gasteiger partial charge < -0.3 is 15.2 Å². The summed E-state index contributed by atoms with van der Waals surface area (Å²) in [6.45, 7) is 2.40. The van der Waals surface area contributed by atoms with Crippen LogP contribution in [-0.2, 0) is 13.6 Å². The molecular weight excluding hydrogens is 292 g/mol. The van der Waals surface area contributed by atoms with Crippen LogP contribution < -0.4 is 10.1 Å². The molecule has 0 fully saturated rings. The molecule has 0 aliphatic rings. The van der Waals surface area contributed by atoms with Crippen LogP contribution in [0.15, 0.2) is 18.2 Å². The second-order valence-corrected chi connectivity index (χ2v) is 5.01. The van der Waals surface area contributed by atoms with Crippen LogP contribution in [0.5, 0.6) is 5.88 Å². The maximum Gasteiger partial charge on any atom is 0.216 e. The van der Waals surface area contributed by atoms with E-state index in [4.69, 9.17) is 4.74 Å². The number of rotatable bonds is 6. The van der Waals surface area contributed by atoms with E-state index in [0.717, 1.165) is 23.4 Å². The Labute approximate surface area is 127 Å². The molecule has 22 heavy (non-hydrogen) atoms. The molecule has 0 saturated carbocycles. The number of aryl methyl sites for hydroxylation is 2. The van der Waals surface area contributed by atoms with Gasteiger partial charge in [0.1, 0.15) is 11.6 Å². The van der Waals surface area contributed by atoms with Crippen molar-refractivity contribution in [1.29, 1.82) is 0 Å². The van der Waals surface area contributed by atoms with Crippen molar-refractivity contribution >= 4 is 0 Å². The first kappa shape index (κ1) is 16.4. The Morgan fingerprint density at radius 1 is 1.41 bits per heavy atom. The van der Waals surface area contributed by atoms with Gasteiger partial charge in [-0.2, -0.15) is 5.10 Å². The van der Waals surface area contributed by atoms with E-state index < -0.39 is 17.7 Å². The van der Waals surface area contributed by atoms with Crippen molar-refractivity contribution in [2.45, 2.75) is 19.6 Å². The first-order chi connectivity index (χ1) is 10.4. The van der Waals surface area contributed by atoms with Crippen LogP contribution in [0.3, 0.4) is 0 Å². The van der Waals surface area contributed by atoms with Crippen molar-refractivity contribution < 1.29 is 18.6 Å². The average Bonchev–Trinajstić information content (AvgIpc) is 2.72. The van der Waals surface area contributed by atoms with Gasteiger partial charge in [-0.05, 0) is 13.0 Å². The molecule has 2 rings (SSSR count). The number of methoxy groups -OCH3 is 1. The summed E-state index contributed by atoms with van der Waals surface area (Å²) in [6.07, 6.45) is -1.07. The summed E-state index contributed by atoms with van der Waals surface area (Å²) >= 11 is 0. The van der Waals surface area contributed by atoms with Crippen molar-refractivity contribution in [2.24, 2.45) is 7.05 Å². The number of benzene rings is 1. The molecule has 1 atom stereocenters. The summed E-state index contributed by atoms with van der Waals surface area (Å²) in [5.41, 5.74) is 1.75. The molecule has 0 saturated heterocycles. The Morgan fingerprint density at radius 2 is 2.14 bits per heavy atom. The Hall–Kier alpha value is -1.99. The van der Waals surface area contributed by atoms with Crippen LogP contribution in [0, 0.1) is 18.6 Å². The summed E-state index contributed by atoms with van der Waals surface area (Å²) in [6, 6.07) is 3.12. The van der Waals surface area contributed by atoms with Crippen LogP contribution >= 0.6 is 0 Å². The molecule has 5 nitrogen and oxygen atoms in total. The summed E-state index contributed by atoms with van der Waals surface area (Å²) in [7, 11) is 3.33. The lowest BCUT2D eigenvalue weighted by Crippen LogP contribution is -2.22. The molecule has 120 valence electrons. The highest BCUT2D eigenvalue weighted by molar-refractivity contribution is 5.30. The molecule has 1 heterocycles. The Bertz CT molecular complexity index is 658. The molecule has 2 aromatic rings. The zero-order valence-electron chi connectivity index (χ0n) is 12.7. The number of ether oxygens (including phenoxy) is 1. The fraction of sp³-hybridized carbons (Fsp3) is 0.400. The highest BCUT2D eigenvalue weighted by Gasteiger charge is 2.16. The molecule has 1 aromatic carbocycles. The van der Waals surface area contributed by atoms with E-state index in [1.54, 1.807) is 18.8 Å². The molecule has 0 spiro atoms. The highest BCUT2D eigenvalue weighted by atomic mass is 19.1. The van der Waals surface area contributed by atoms with Crippen LogP contribution in [0.25, 0.3) is 0 Å². The molecule has 0 unspecified atom stereocenters. The van der Waals surface area contributed by atoms with Crippen LogP contribution in [0.1, 0.15) is 22.9 Å². The van der Waals surface area contributed by atoms with E-state index in [2.05, 4.69) is 10.4 Å². The van der Waals surface area contributed by atoms with Crippen molar-refractivity contribution in [2.75, 3.05) is 13.7 Å². The molecule has 0 aliphatic heterocycles. The van der Waals surface area contributed by atoms with E-state index in [0.29, 0.717) is 12.4 Å². The van der Waals surface area contributed by atoms with Gasteiger partial charge in [0.2, 0.25) is 5.88 Å². The van der Waals surface area contributed by atoms with Crippen molar-refractivity contribution in [3.63, 3.8) is 0 Å². The lowest BCUT2D eigenvalue weighted by Gasteiger charge is -2.13. The normalized spacial score (nSPS) is 12.5. The molecule has 0 bridgehead atoms. The number of hydrogen-bond acceptors (Lipinski definition) is 4. The fourth-order valence-electron chi connectivity index (χ4n) is 2.36. The molecule has 7 heteroatoms. The second-order valence-electron chi connectivity index (χ2n) is 5.01. The minimum absolute atomic E-state index is 0.0590. The van der Waals surface area contributed by atoms with E-state index in [-0.39, 0.29) is 12.1 Å². The molecule has 0 amide bonds. The number of nitrogens with zero attached hydrogens (tertiary/aromatic N) is 2. The van der Waals surface area contributed by atoms with Gasteiger partial charge in [-0.25, -0.2) is 13.5 Å². The predicted molar refractivity (Wildman–Crippen MR) is 77.5 cm³/mol. The summed E-state index contributed by atoms with van der Waals surface area (Å²) < 4.78 is 33.3.